The average Bonchev–Trinajstić information content (AvgIpc) is 2.94. The number of nitrogens with zero attached hydrogens (tertiary/aromatic N) is 4. The maximum Gasteiger partial charge on any atom is 0.233 e. The summed E-state index contributed by atoms with van der Waals surface area (Å²) in [5.41, 5.74) is 7.00. The molecule has 0 aliphatic heterocycles. The first-order valence-corrected chi connectivity index (χ1v) is 9.16. The van der Waals surface area contributed by atoms with Crippen LogP contribution in [-0.2, 0) is 0 Å². The molecule has 0 aliphatic carbocycles. The van der Waals surface area contributed by atoms with Crippen molar-refractivity contribution in [2.45, 2.75) is 26.1 Å². The minimum Gasteiger partial charge on any atom is -0.377 e. The summed E-state index contributed by atoms with van der Waals surface area (Å²) in [7, 11) is 0. The second-order valence-corrected chi connectivity index (χ2v) is 7.43. The van der Waals surface area contributed by atoms with Crippen molar-refractivity contribution in [2.24, 2.45) is 11.7 Å². The van der Waals surface area contributed by atoms with Gasteiger partial charge in [-0.2, -0.15) is 19.6 Å². The lowest BCUT2D eigenvalue weighted by molar-refractivity contribution is 0.139. The second kappa shape index (κ2) is 7.75. The van der Waals surface area contributed by atoms with Gasteiger partial charge in [0.15, 0.2) is 5.65 Å². The molecule has 0 amide bonds. The molecule has 138 valence electrons. The molecule has 1 aromatic carbocycles. The highest BCUT2D eigenvalue weighted by molar-refractivity contribution is 9.10. The minimum absolute atomic E-state index is 0.0764. The molecule has 0 radical (unpaired) electrons. The van der Waals surface area contributed by atoms with Crippen molar-refractivity contribution >= 4 is 50.8 Å². The second-order valence-electron chi connectivity index (χ2n) is 6.14. The number of nitrogens with two attached hydrogens (primary N) is 1. The van der Waals surface area contributed by atoms with Crippen LogP contribution in [0.15, 0.2) is 34.9 Å². The fraction of sp³-hybridized carbons (Fsp3) is 0.312. The molecule has 2 atom stereocenters. The third-order valence-electron chi connectivity index (χ3n) is 3.79. The Morgan fingerprint density at radius 2 is 2.08 bits per heavy atom. The van der Waals surface area contributed by atoms with Gasteiger partial charge in [-0.05, 0) is 40.0 Å². The van der Waals surface area contributed by atoms with Crippen molar-refractivity contribution in [3.05, 3.63) is 40.0 Å². The van der Waals surface area contributed by atoms with Gasteiger partial charge in [0.2, 0.25) is 11.9 Å². The molecule has 5 N–H and O–H groups in total. The van der Waals surface area contributed by atoms with Crippen LogP contribution in [-0.4, -0.2) is 37.0 Å². The molecule has 2 heterocycles. The van der Waals surface area contributed by atoms with Gasteiger partial charge in [0, 0.05) is 10.7 Å². The number of aliphatic hydroxyl groups is 1. The van der Waals surface area contributed by atoms with E-state index in [1.54, 1.807) is 22.8 Å². The molecule has 0 bridgehead atoms. The number of hydrogen-bond donors (Lipinski definition) is 4. The summed E-state index contributed by atoms with van der Waals surface area (Å²) in [5.74, 6) is 0.846. The van der Waals surface area contributed by atoms with E-state index in [2.05, 4.69) is 41.6 Å². The molecule has 0 aliphatic rings. The molecule has 10 heteroatoms. The van der Waals surface area contributed by atoms with Crippen LogP contribution in [0.4, 0.5) is 17.6 Å². The Morgan fingerprint density at radius 3 is 2.73 bits per heavy atom. The number of hydrogen-bond acceptors (Lipinski definition) is 7. The molecule has 0 fully saturated rings. The first-order valence-electron chi connectivity index (χ1n) is 7.99. The Kier molecular flexibility index (Phi) is 5.61. The van der Waals surface area contributed by atoms with Gasteiger partial charge in [0.1, 0.15) is 6.23 Å². The van der Waals surface area contributed by atoms with Gasteiger partial charge in [-0.3, -0.25) is 0 Å². The molecule has 0 saturated carbocycles. The highest BCUT2D eigenvalue weighted by Gasteiger charge is 2.22. The Bertz CT molecular complexity index is 907. The first-order chi connectivity index (χ1) is 12.3. The van der Waals surface area contributed by atoms with Gasteiger partial charge >= 0.3 is 0 Å². The molecule has 8 nitrogen and oxygen atoms in total. The topological polar surface area (TPSA) is 113 Å². The van der Waals surface area contributed by atoms with Crippen LogP contribution in [0.1, 0.15) is 13.8 Å². The van der Waals surface area contributed by atoms with E-state index in [1.807, 2.05) is 26.0 Å². The van der Waals surface area contributed by atoms with E-state index in [0.717, 1.165) is 5.69 Å². The summed E-state index contributed by atoms with van der Waals surface area (Å²) in [6, 6.07) is 6.86. The highest BCUT2D eigenvalue weighted by atomic mass is 79.9. The molecule has 0 saturated heterocycles. The average molecular weight is 441 g/mol. The first kappa shape index (κ1) is 18.8. The lowest BCUT2D eigenvalue weighted by Crippen LogP contribution is -2.44. The van der Waals surface area contributed by atoms with Crippen molar-refractivity contribution in [1.29, 1.82) is 0 Å². The van der Waals surface area contributed by atoms with E-state index in [9.17, 15) is 5.11 Å². The number of aliphatic hydroxyl groups excluding tert-OH is 1. The minimum atomic E-state index is -1.05. The zero-order valence-corrected chi connectivity index (χ0v) is 16.5. The number of rotatable bonds is 6. The summed E-state index contributed by atoms with van der Waals surface area (Å²) in [6.07, 6.45) is 0.585. The Balaban J connectivity index is 2.01. The van der Waals surface area contributed by atoms with Gasteiger partial charge < -0.3 is 21.5 Å². The van der Waals surface area contributed by atoms with E-state index in [-0.39, 0.29) is 5.92 Å². The largest absolute Gasteiger partial charge is 0.377 e. The molecule has 3 aromatic rings. The summed E-state index contributed by atoms with van der Waals surface area (Å²) in [4.78, 5) is 8.94. The number of nitrogens with one attached hydrogen (secondary N) is 2. The van der Waals surface area contributed by atoms with Gasteiger partial charge in [0.05, 0.1) is 16.7 Å². The highest BCUT2D eigenvalue weighted by Crippen LogP contribution is 2.24. The van der Waals surface area contributed by atoms with Gasteiger partial charge in [-0.1, -0.05) is 31.5 Å². The molecule has 2 aromatic heterocycles. The predicted molar refractivity (Wildman–Crippen MR) is 106 cm³/mol. The van der Waals surface area contributed by atoms with Gasteiger partial charge in [0.25, 0.3) is 0 Å². The maximum atomic E-state index is 9.81. The lowest BCUT2D eigenvalue weighted by Gasteiger charge is -2.25. The van der Waals surface area contributed by atoms with Crippen molar-refractivity contribution in [2.75, 3.05) is 10.6 Å². The molecular weight excluding hydrogens is 422 g/mol. The van der Waals surface area contributed by atoms with Crippen LogP contribution in [0.25, 0.3) is 5.65 Å². The Labute approximate surface area is 163 Å². The van der Waals surface area contributed by atoms with Crippen LogP contribution in [0.3, 0.4) is 0 Å². The smallest absolute Gasteiger partial charge is 0.233 e. The quantitative estimate of drug-likeness (QED) is 0.436. The Morgan fingerprint density at radius 1 is 1.31 bits per heavy atom. The van der Waals surface area contributed by atoms with Crippen LogP contribution < -0.4 is 16.4 Å². The monoisotopic (exact) mass is 439 g/mol. The Hall–Kier alpha value is -1.94. The van der Waals surface area contributed by atoms with E-state index >= 15 is 0 Å². The van der Waals surface area contributed by atoms with Crippen LogP contribution >= 0.6 is 27.5 Å². The van der Waals surface area contributed by atoms with Crippen LogP contribution in [0, 0.1) is 5.92 Å². The lowest BCUT2D eigenvalue weighted by atomic mass is 10.0. The SMILES string of the molecule is CC(C)C(Nc1nc(Nc2cccc(Cl)c2)n2ncc(Br)c2n1)C(N)O. The zero-order valence-electron chi connectivity index (χ0n) is 14.2. The maximum absolute atomic E-state index is 9.81. The van der Waals surface area contributed by atoms with E-state index in [0.29, 0.717) is 27.0 Å². The standard InChI is InChI=1S/C16H19BrClN7O/c1-8(2)12(13(19)26)22-15-23-14-11(17)7-20-25(14)16(24-15)21-10-5-3-4-9(18)6-10/h3-8,12-13,26H,19H2,1-2H3,(H2,21,22,23,24). The summed E-state index contributed by atoms with van der Waals surface area (Å²) >= 11 is 9.48. The summed E-state index contributed by atoms with van der Waals surface area (Å²) in [6.45, 7) is 3.90. The van der Waals surface area contributed by atoms with Crippen molar-refractivity contribution < 1.29 is 5.11 Å². The summed E-state index contributed by atoms with van der Waals surface area (Å²) in [5, 5.41) is 21.0. The number of halogens is 2. The van der Waals surface area contributed by atoms with Crippen LogP contribution in [0.5, 0.6) is 0 Å². The van der Waals surface area contributed by atoms with Crippen molar-refractivity contribution in [3.63, 3.8) is 0 Å². The number of anilines is 3. The van der Waals surface area contributed by atoms with Crippen molar-refractivity contribution in [1.82, 2.24) is 19.6 Å². The van der Waals surface area contributed by atoms with Gasteiger partial charge in [-0.15, -0.1) is 0 Å². The summed E-state index contributed by atoms with van der Waals surface area (Å²) < 4.78 is 2.28. The van der Waals surface area contributed by atoms with Gasteiger partial charge in [-0.25, -0.2) is 0 Å². The van der Waals surface area contributed by atoms with E-state index < -0.39 is 12.3 Å². The third kappa shape index (κ3) is 4.07. The number of benzene rings is 1. The molecule has 26 heavy (non-hydrogen) atoms. The fourth-order valence-electron chi connectivity index (χ4n) is 2.49. The van der Waals surface area contributed by atoms with Crippen molar-refractivity contribution in [3.8, 4) is 0 Å². The molecule has 0 spiro atoms. The molecular formula is C16H19BrClN7O. The third-order valence-corrected chi connectivity index (χ3v) is 4.58. The fourth-order valence-corrected chi connectivity index (χ4v) is 3.03. The van der Waals surface area contributed by atoms with E-state index in [4.69, 9.17) is 17.3 Å². The zero-order chi connectivity index (χ0) is 18.8. The predicted octanol–water partition coefficient (Wildman–Crippen LogP) is 3.00. The normalized spacial score (nSPS) is 13.8. The number of fused-ring (bicyclic) bond motifs is 1. The molecule has 2 unspecified atom stereocenters. The molecule has 3 rings (SSSR count). The van der Waals surface area contributed by atoms with E-state index in [1.165, 1.54) is 0 Å². The van der Waals surface area contributed by atoms with Crippen LogP contribution in [0.2, 0.25) is 5.02 Å². The number of aromatic nitrogens is 4.